The van der Waals surface area contributed by atoms with E-state index in [0.717, 1.165) is 10.7 Å². The van der Waals surface area contributed by atoms with E-state index in [1.54, 1.807) is 31.2 Å². The van der Waals surface area contributed by atoms with Gasteiger partial charge in [0.1, 0.15) is 25.5 Å². The zero-order valence-corrected chi connectivity index (χ0v) is 18.2. The van der Waals surface area contributed by atoms with Crippen molar-refractivity contribution in [3.8, 4) is 0 Å². The van der Waals surface area contributed by atoms with Gasteiger partial charge in [-0.2, -0.15) is 0 Å². The fourth-order valence-corrected chi connectivity index (χ4v) is 2.77. The number of hydrogen-bond acceptors (Lipinski definition) is 6. The first-order valence-electron chi connectivity index (χ1n) is 7.76. The lowest BCUT2D eigenvalue weighted by Crippen LogP contribution is -2.49. The highest BCUT2D eigenvalue weighted by Crippen LogP contribution is 2.31. The second-order valence-electron chi connectivity index (χ2n) is 5.48. The Labute approximate surface area is 183 Å². The number of alkyl halides is 3. The van der Waals surface area contributed by atoms with Gasteiger partial charge in [-0.3, -0.25) is 5.32 Å². The van der Waals surface area contributed by atoms with Gasteiger partial charge in [-0.25, -0.2) is 14.3 Å². The van der Waals surface area contributed by atoms with Crippen molar-refractivity contribution in [2.75, 3.05) is 11.9 Å². The molecule has 0 fully saturated rings. The molecule has 1 heterocycles. The van der Waals surface area contributed by atoms with Gasteiger partial charge in [0.15, 0.2) is 5.82 Å². The quantitative estimate of drug-likeness (QED) is 0.245. The first-order chi connectivity index (χ1) is 13.1. The van der Waals surface area contributed by atoms with E-state index in [4.69, 9.17) is 39.5 Å². The summed E-state index contributed by atoms with van der Waals surface area (Å²) in [5, 5.41) is 16.2. The van der Waals surface area contributed by atoms with Crippen LogP contribution in [0.1, 0.15) is 5.82 Å². The molecule has 0 saturated heterocycles. The number of nitrogens with one attached hydrogen (secondary N) is 2. The van der Waals surface area contributed by atoms with Gasteiger partial charge in [0, 0.05) is 17.1 Å². The molecule has 1 aromatic heterocycles. The zero-order chi connectivity index (χ0) is 20.9. The van der Waals surface area contributed by atoms with Crippen molar-refractivity contribution >= 4 is 68.3 Å². The van der Waals surface area contributed by atoms with Gasteiger partial charge in [0.05, 0.1) is 0 Å². The second kappa shape index (κ2) is 9.64. The van der Waals surface area contributed by atoms with E-state index in [2.05, 4.69) is 31.5 Å². The number of alkyl carbamates (subject to hydrolysis) is 1. The van der Waals surface area contributed by atoms with Crippen molar-refractivity contribution in [3.05, 3.63) is 50.9 Å². The molecule has 1 aromatic carbocycles. The molecule has 0 aliphatic carbocycles. The molecule has 1 atom stereocenters. The highest BCUT2D eigenvalue weighted by Gasteiger charge is 2.34. The molecule has 0 bridgehead atoms. The molecule has 152 valence electrons. The lowest BCUT2D eigenvalue weighted by molar-refractivity contribution is -0.392. The molecule has 9 nitrogen and oxygen atoms in total. The van der Waals surface area contributed by atoms with Gasteiger partial charge >= 0.3 is 11.9 Å². The normalized spacial score (nSPS) is 12.3. The number of carbonyl (C=O) groups is 1. The van der Waals surface area contributed by atoms with Crippen LogP contribution in [0.3, 0.4) is 0 Å². The third-order valence-electron chi connectivity index (χ3n) is 3.51. The minimum Gasteiger partial charge on any atom is -0.445 e. The maximum Gasteiger partial charge on any atom is 0.409 e. The Morgan fingerprint density at radius 1 is 1.39 bits per heavy atom. The number of nitrogens with zero attached hydrogens (tertiary/aromatic N) is 3. The molecule has 0 spiro atoms. The van der Waals surface area contributed by atoms with Crippen molar-refractivity contribution < 1.29 is 14.5 Å². The predicted octanol–water partition coefficient (Wildman–Crippen LogP) is 4.40. The fourth-order valence-electron chi connectivity index (χ4n) is 2.18. The number of nitro groups is 1. The Bertz CT molecular complexity index is 841. The summed E-state index contributed by atoms with van der Waals surface area (Å²) < 4.78 is 5.35. The van der Waals surface area contributed by atoms with Crippen molar-refractivity contribution in [2.45, 2.75) is 23.4 Å². The van der Waals surface area contributed by atoms with E-state index in [-0.39, 0.29) is 19.0 Å². The number of amides is 1. The monoisotopic (exact) mass is 513 g/mol. The third kappa shape index (κ3) is 6.40. The van der Waals surface area contributed by atoms with E-state index in [0.29, 0.717) is 11.5 Å². The van der Waals surface area contributed by atoms with E-state index in [1.165, 1.54) is 4.57 Å². The maximum absolute atomic E-state index is 12.1. The molecule has 2 rings (SSSR count). The summed E-state index contributed by atoms with van der Waals surface area (Å²) in [4.78, 5) is 26.3. The maximum atomic E-state index is 12.1. The topological polar surface area (TPSA) is 111 Å². The molecule has 2 N–H and O–H groups in total. The third-order valence-corrected chi connectivity index (χ3v) is 4.70. The van der Waals surface area contributed by atoms with E-state index in [1.807, 2.05) is 0 Å². The standard InChI is InChI=1S/C15H15BrCl3N5O4/c1-9-20-8-12(24(26)27)23(9)6-7-28-14(25)22-13(15(17,18)19)21-11-4-2-10(16)3-5-11/h2-5,8,13,21H,6-7H2,1H3,(H,22,25)/t13-/m0/s1. The number of hydrogen-bond donors (Lipinski definition) is 2. The summed E-state index contributed by atoms with van der Waals surface area (Å²) in [6, 6.07) is 7.00. The number of aromatic nitrogens is 2. The smallest absolute Gasteiger partial charge is 0.409 e. The fraction of sp³-hybridized carbons (Fsp3) is 0.333. The minimum atomic E-state index is -1.87. The van der Waals surface area contributed by atoms with Gasteiger partial charge in [0.2, 0.25) is 3.79 Å². The highest BCUT2D eigenvalue weighted by atomic mass is 79.9. The first-order valence-corrected chi connectivity index (χ1v) is 9.69. The van der Waals surface area contributed by atoms with Crippen molar-refractivity contribution in [1.82, 2.24) is 14.9 Å². The van der Waals surface area contributed by atoms with Crippen LogP contribution in [0.5, 0.6) is 0 Å². The molecule has 0 saturated carbocycles. The molecular weight excluding hydrogens is 500 g/mol. The van der Waals surface area contributed by atoms with E-state index in [9.17, 15) is 14.9 Å². The lowest BCUT2D eigenvalue weighted by atomic mass is 10.3. The van der Waals surface area contributed by atoms with Crippen LogP contribution < -0.4 is 10.6 Å². The molecule has 0 aliphatic rings. The van der Waals surface area contributed by atoms with Crippen LogP contribution in [0, 0.1) is 17.0 Å². The number of benzene rings is 1. The molecule has 2 aromatic rings. The summed E-state index contributed by atoms with van der Waals surface area (Å²) >= 11 is 21.1. The van der Waals surface area contributed by atoms with Gasteiger partial charge in [-0.05, 0) is 29.2 Å². The van der Waals surface area contributed by atoms with Crippen LogP contribution >= 0.6 is 50.7 Å². The summed E-state index contributed by atoms with van der Waals surface area (Å²) in [6.07, 6.45) is -0.812. The van der Waals surface area contributed by atoms with Crippen LogP contribution in [0.2, 0.25) is 0 Å². The molecular formula is C15H15BrCl3N5O4. The van der Waals surface area contributed by atoms with Gasteiger partial charge in [0.25, 0.3) is 0 Å². The minimum absolute atomic E-state index is 0.0497. The number of aryl methyl sites for hydroxylation is 1. The number of ether oxygens (including phenoxy) is 1. The summed E-state index contributed by atoms with van der Waals surface area (Å²) in [5.74, 6) is 0.226. The van der Waals surface area contributed by atoms with Crippen LogP contribution in [0.15, 0.2) is 34.9 Å². The molecule has 28 heavy (non-hydrogen) atoms. The van der Waals surface area contributed by atoms with Crippen LogP contribution in [0.25, 0.3) is 0 Å². The molecule has 1 amide bonds. The largest absolute Gasteiger partial charge is 0.445 e. The lowest BCUT2D eigenvalue weighted by Gasteiger charge is -2.27. The number of halogens is 4. The summed E-state index contributed by atoms with van der Waals surface area (Å²) in [5.41, 5.74) is 0.601. The van der Waals surface area contributed by atoms with Gasteiger partial charge in [-0.1, -0.05) is 50.7 Å². The SMILES string of the molecule is Cc1ncc([N+](=O)[O-])n1CCOC(=O)N[C@H](Nc1ccc(Br)cc1)C(Cl)(Cl)Cl. The molecule has 0 radical (unpaired) electrons. The Hall–Kier alpha value is -1.75. The van der Waals surface area contributed by atoms with E-state index < -0.39 is 21.0 Å². The Morgan fingerprint density at radius 2 is 2.04 bits per heavy atom. The van der Waals surface area contributed by atoms with Crippen LogP contribution in [-0.2, 0) is 11.3 Å². The zero-order valence-electron chi connectivity index (χ0n) is 14.4. The second-order valence-corrected chi connectivity index (χ2v) is 8.76. The van der Waals surface area contributed by atoms with Crippen molar-refractivity contribution in [2.24, 2.45) is 0 Å². The summed E-state index contributed by atoms with van der Waals surface area (Å²) in [7, 11) is 0. The Kier molecular flexibility index (Phi) is 7.76. The van der Waals surface area contributed by atoms with Crippen LogP contribution in [0.4, 0.5) is 16.3 Å². The summed E-state index contributed by atoms with van der Waals surface area (Å²) in [6.45, 7) is 1.51. The number of anilines is 1. The first kappa shape index (κ1) is 22.5. The molecule has 0 unspecified atom stereocenters. The average Bonchev–Trinajstić information content (AvgIpc) is 2.96. The van der Waals surface area contributed by atoms with Crippen molar-refractivity contribution in [3.63, 3.8) is 0 Å². The molecule has 13 heteroatoms. The number of carbonyl (C=O) groups excluding carboxylic acids is 1. The highest BCUT2D eigenvalue weighted by molar-refractivity contribution is 9.10. The Morgan fingerprint density at radius 3 is 2.61 bits per heavy atom. The van der Waals surface area contributed by atoms with Gasteiger partial charge < -0.3 is 20.2 Å². The molecule has 0 aliphatic heterocycles. The Balaban J connectivity index is 1.94. The number of imidazole rings is 1. The average molecular weight is 516 g/mol. The predicted molar refractivity (Wildman–Crippen MR) is 110 cm³/mol. The number of rotatable bonds is 7. The van der Waals surface area contributed by atoms with Crippen molar-refractivity contribution in [1.29, 1.82) is 0 Å². The van der Waals surface area contributed by atoms with E-state index >= 15 is 0 Å². The van der Waals surface area contributed by atoms with Crippen LogP contribution in [-0.4, -0.2) is 37.1 Å². The van der Waals surface area contributed by atoms with Gasteiger partial charge in [-0.15, -0.1) is 0 Å².